The normalized spacial score (nSPS) is 13.7. The Labute approximate surface area is 106 Å². The van der Waals surface area contributed by atoms with Crippen LogP contribution in [0.4, 0.5) is 0 Å². The van der Waals surface area contributed by atoms with Crippen LogP contribution >= 0.6 is 21.6 Å². The average Bonchev–Trinajstić information content (AvgIpc) is 2.11. The minimum Gasteiger partial charge on any atom is -0.480 e. The van der Waals surface area contributed by atoms with Gasteiger partial charge in [0.25, 0.3) is 0 Å². The quantitative estimate of drug-likeness (QED) is 0.354. The molecule has 0 bridgehead atoms. The van der Waals surface area contributed by atoms with Gasteiger partial charge in [-0.3, -0.25) is 9.59 Å². The van der Waals surface area contributed by atoms with Gasteiger partial charge in [-0.2, -0.15) is 0 Å². The molecule has 6 N–H and O–H groups in total. The fourth-order valence-corrected chi connectivity index (χ4v) is 2.61. The molecule has 0 aromatic carbocycles. The van der Waals surface area contributed by atoms with Gasteiger partial charge in [-0.15, -0.1) is 0 Å². The summed E-state index contributed by atoms with van der Waals surface area (Å²) in [6.07, 6.45) is 0. The second kappa shape index (κ2) is 9.33. The Morgan fingerprint density at radius 1 is 1.00 bits per heavy atom. The third kappa shape index (κ3) is 9.05. The molecule has 0 aliphatic carbocycles. The van der Waals surface area contributed by atoms with Gasteiger partial charge in [0, 0.05) is 28.9 Å². The number of hydrogen-bond acceptors (Lipinski definition) is 6. The Kier molecular flexibility index (Phi) is 10.9. The molecule has 2 atom stereocenters. The molecule has 0 fully saturated rings. The molecule has 0 saturated carbocycles. The first kappa shape index (κ1) is 17.5. The van der Waals surface area contributed by atoms with Crippen molar-refractivity contribution in [3.63, 3.8) is 0 Å². The van der Waals surface area contributed by atoms with E-state index in [0.717, 1.165) is 0 Å². The van der Waals surface area contributed by atoms with Crippen LogP contribution in [0.2, 0.25) is 0 Å². The molecule has 6 nitrogen and oxygen atoms in total. The first-order valence-corrected chi connectivity index (χ1v) is 6.15. The third-order valence-electron chi connectivity index (χ3n) is 1.21. The van der Waals surface area contributed by atoms with Crippen LogP contribution in [-0.4, -0.2) is 45.7 Å². The molecule has 0 radical (unpaired) electrons. The molecule has 9 heteroatoms. The summed E-state index contributed by atoms with van der Waals surface area (Å²) < 4.78 is 0. The Morgan fingerprint density at radius 2 is 1.27 bits per heavy atom. The van der Waals surface area contributed by atoms with Crippen molar-refractivity contribution in [1.82, 2.24) is 0 Å². The van der Waals surface area contributed by atoms with E-state index in [9.17, 15) is 9.59 Å². The van der Waals surface area contributed by atoms with Crippen LogP contribution in [0.25, 0.3) is 0 Å². The van der Waals surface area contributed by atoms with Crippen LogP contribution in [0.15, 0.2) is 0 Å². The second-order valence-electron chi connectivity index (χ2n) is 2.46. The fraction of sp³-hybridized carbons (Fsp3) is 0.667. The summed E-state index contributed by atoms with van der Waals surface area (Å²) in [6, 6.07) is -1.85. The maximum atomic E-state index is 10.3. The molecule has 0 heterocycles. The van der Waals surface area contributed by atoms with Gasteiger partial charge in [-0.1, -0.05) is 21.6 Å². The van der Waals surface area contributed by atoms with Crippen LogP contribution in [0.3, 0.4) is 0 Å². The number of hydrogen-bond donors (Lipinski definition) is 4. The van der Waals surface area contributed by atoms with Gasteiger partial charge in [0.2, 0.25) is 0 Å². The van der Waals surface area contributed by atoms with Crippen molar-refractivity contribution >= 4 is 33.5 Å². The van der Waals surface area contributed by atoms with Crippen molar-refractivity contribution in [3.8, 4) is 0 Å². The molecule has 0 spiro atoms. The molecule has 0 aromatic rings. The van der Waals surface area contributed by atoms with Gasteiger partial charge < -0.3 is 21.7 Å². The summed E-state index contributed by atoms with van der Waals surface area (Å²) in [7, 11) is 2.41. The second-order valence-corrected chi connectivity index (χ2v) is 5.01. The summed E-state index contributed by atoms with van der Waals surface area (Å²) in [5.41, 5.74) is 10.4. The average molecular weight is 292 g/mol. The number of rotatable bonds is 7. The van der Waals surface area contributed by atoms with Crippen LogP contribution in [-0.2, 0) is 27.0 Å². The van der Waals surface area contributed by atoms with E-state index in [2.05, 4.69) is 0 Å². The predicted octanol–water partition coefficient (Wildman–Crippen LogP) is -0.811. The SMILES string of the molecule is N[C@@H](CSSC[C@H](N)C(=O)O)C(=O)O.[Cr]. The molecule has 0 unspecified atom stereocenters. The molecular weight excluding hydrogens is 280 g/mol. The number of carbonyl (C=O) groups is 2. The van der Waals surface area contributed by atoms with Gasteiger partial charge in [-0.05, 0) is 0 Å². The van der Waals surface area contributed by atoms with E-state index in [1.165, 1.54) is 21.6 Å². The predicted molar refractivity (Wildman–Crippen MR) is 56.1 cm³/mol. The molecule has 0 saturated heterocycles. The summed E-state index contributed by atoms with van der Waals surface area (Å²) in [4.78, 5) is 20.5. The Balaban J connectivity index is 0. The largest absolute Gasteiger partial charge is 0.480 e. The molecule has 0 aliphatic heterocycles. The summed E-state index contributed by atoms with van der Waals surface area (Å²) in [5.74, 6) is -1.68. The van der Waals surface area contributed by atoms with Gasteiger partial charge in [0.1, 0.15) is 12.1 Å². The number of carboxylic acid groups (broad SMARTS) is 2. The first-order chi connectivity index (χ1) is 6.45. The topological polar surface area (TPSA) is 127 Å². The summed E-state index contributed by atoms with van der Waals surface area (Å²) >= 11 is 0. The van der Waals surface area contributed by atoms with Crippen molar-refractivity contribution < 1.29 is 37.2 Å². The molecule has 15 heavy (non-hydrogen) atoms. The van der Waals surface area contributed by atoms with Gasteiger partial charge in [0.05, 0.1) is 0 Å². The number of carboxylic acids is 2. The smallest absolute Gasteiger partial charge is 0.321 e. The van der Waals surface area contributed by atoms with Crippen molar-refractivity contribution in [1.29, 1.82) is 0 Å². The molecule has 0 amide bonds. The van der Waals surface area contributed by atoms with Crippen LogP contribution in [0.5, 0.6) is 0 Å². The zero-order chi connectivity index (χ0) is 11.1. The van der Waals surface area contributed by atoms with E-state index >= 15 is 0 Å². The Bertz CT molecular complexity index is 197. The fourth-order valence-electron chi connectivity index (χ4n) is 0.385. The van der Waals surface area contributed by atoms with Gasteiger partial charge in [0.15, 0.2) is 0 Å². The number of nitrogens with two attached hydrogens (primary N) is 2. The summed E-state index contributed by atoms with van der Waals surface area (Å²) in [6.45, 7) is 0. The minimum atomic E-state index is -1.07. The molecule has 88 valence electrons. The van der Waals surface area contributed by atoms with Crippen LogP contribution in [0, 0.1) is 0 Å². The van der Waals surface area contributed by atoms with Gasteiger partial charge >= 0.3 is 11.9 Å². The number of aliphatic carboxylic acids is 2. The minimum absolute atomic E-state index is 0. The maximum absolute atomic E-state index is 10.3. The standard InChI is InChI=1S/C6H12N2O4S2.Cr/c7-3(5(9)10)1-13-14-2-4(8)6(11)12;/h3-4H,1-2,7-8H2,(H,9,10)(H,11,12);/t3-,4-;/m0./s1. The van der Waals surface area contributed by atoms with E-state index in [4.69, 9.17) is 21.7 Å². The molecule has 0 rings (SSSR count). The molecule has 0 aromatic heterocycles. The maximum Gasteiger partial charge on any atom is 0.321 e. The van der Waals surface area contributed by atoms with E-state index in [1.807, 2.05) is 0 Å². The van der Waals surface area contributed by atoms with E-state index in [-0.39, 0.29) is 28.9 Å². The zero-order valence-corrected chi connectivity index (χ0v) is 10.6. The van der Waals surface area contributed by atoms with Gasteiger partial charge in [-0.25, -0.2) is 0 Å². The van der Waals surface area contributed by atoms with Crippen LogP contribution < -0.4 is 11.5 Å². The zero-order valence-electron chi connectivity index (χ0n) is 7.66. The van der Waals surface area contributed by atoms with E-state index in [1.54, 1.807) is 0 Å². The van der Waals surface area contributed by atoms with Crippen molar-refractivity contribution in [2.75, 3.05) is 11.5 Å². The monoisotopic (exact) mass is 292 g/mol. The van der Waals surface area contributed by atoms with Crippen molar-refractivity contribution in [2.24, 2.45) is 11.5 Å². The summed E-state index contributed by atoms with van der Waals surface area (Å²) in [5, 5.41) is 16.8. The Hall–Kier alpha value is 0.0925. The molecule has 0 aliphatic rings. The Morgan fingerprint density at radius 3 is 1.47 bits per heavy atom. The third-order valence-corrected chi connectivity index (χ3v) is 3.69. The van der Waals surface area contributed by atoms with E-state index < -0.39 is 24.0 Å². The first-order valence-electron chi connectivity index (χ1n) is 3.66. The van der Waals surface area contributed by atoms with Crippen LogP contribution in [0.1, 0.15) is 0 Å². The van der Waals surface area contributed by atoms with Crippen molar-refractivity contribution in [2.45, 2.75) is 12.1 Å². The molecular formula is C6H12CrN2O4S2. The van der Waals surface area contributed by atoms with E-state index in [0.29, 0.717) is 0 Å². The van der Waals surface area contributed by atoms with Crippen molar-refractivity contribution in [3.05, 3.63) is 0 Å².